The number of benzene rings is 2. The highest BCUT2D eigenvalue weighted by Crippen LogP contribution is 2.45. The van der Waals surface area contributed by atoms with E-state index in [9.17, 15) is 4.79 Å². The predicted octanol–water partition coefficient (Wildman–Crippen LogP) is 3.76. The molecular weight excluding hydrogens is 332 g/mol. The Balaban J connectivity index is 2.01. The van der Waals surface area contributed by atoms with Gasteiger partial charge in [-0.15, -0.1) is 0 Å². The number of hydrogen-bond donors (Lipinski definition) is 0. The van der Waals surface area contributed by atoms with Crippen LogP contribution in [-0.4, -0.2) is 13.4 Å². The number of ether oxygens (including phenoxy) is 2. The van der Waals surface area contributed by atoms with E-state index in [1.807, 2.05) is 48.5 Å². The molecule has 1 heterocycles. The summed E-state index contributed by atoms with van der Waals surface area (Å²) in [5.74, 6) is -0.907. The van der Waals surface area contributed by atoms with E-state index in [1.54, 1.807) is 7.11 Å². The Morgan fingerprint density at radius 3 is 2.62 bits per heavy atom. The fraction of sp³-hybridized carbons (Fsp3) is 0.235. The van der Waals surface area contributed by atoms with Gasteiger partial charge in [0.15, 0.2) is 12.1 Å². The minimum absolute atomic E-state index is 0.554. The van der Waals surface area contributed by atoms with E-state index in [4.69, 9.17) is 9.47 Å². The van der Waals surface area contributed by atoms with Crippen LogP contribution in [0.15, 0.2) is 53.0 Å². The normalized spacial score (nSPS) is 23.8. The SMILES string of the molecule is COC1(Cc2ccc(Br)cc2)OC(C=O)c2ccccc21. The Bertz CT molecular complexity index is 653. The first-order valence-electron chi connectivity index (χ1n) is 6.70. The van der Waals surface area contributed by atoms with Crippen molar-refractivity contribution < 1.29 is 14.3 Å². The topological polar surface area (TPSA) is 35.5 Å². The van der Waals surface area contributed by atoms with Crippen molar-refractivity contribution in [2.24, 2.45) is 0 Å². The maximum Gasteiger partial charge on any atom is 0.200 e. The lowest BCUT2D eigenvalue weighted by molar-refractivity contribution is -0.234. The molecule has 0 amide bonds. The summed E-state index contributed by atoms with van der Waals surface area (Å²) in [4.78, 5) is 11.3. The van der Waals surface area contributed by atoms with Crippen LogP contribution >= 0.6 is 15.9 Å². The molecule has 2 aromatic carbocycles. The highest BCUT2D eigenvalue weighted by Gasteiger charge is 2.45. The minimum atomic E-state index is -0.907. The van der Waals surface area contributed by atoms with Gasteiger partial charge in [-0.3, -0.25) is 0 Å². The van der Waals surface area contributed by atoms with Gasteiger partial charge in [0.25, 0.3) is 0 Å². The van der Waals surface area contributed by atoms with Crippen LogP contribution in [0.4, 0.5) is 0 Å². The van der Waals surface area contributed by atoms with Gasteiger partial charge in [-0.25, -0.2) is 0 Å². The van der Waals surface area contributed by atoms with E-state index < -0.39 is 11.9 Å². The molecule has 0 N–H and O–H groups in total. The van der Waals surface area contributed by atoms with Gasteiger partial charge in [-0.2, -0.15) is 0 Å². The largest absolute Gasteiger partial charge is 0.349 e. The van der Waals surface area contributed by atoms with E-state index in [2.05, 4.69) is 15.9 Å². The first kappa shape index (κ1) is 14.4. The lowest BCUT2D eigenvalue weighted by Gasteiger charge is -2.28. The van der Waals surface area contributed by atoms with Crippen molar-refractivity contribution in [3.63, 3.8) is 0 Å². The summed E-state index contributed by atoms with van der Waals surface area (Å²) in [5.41, 5.74) is 2.89. The van der Waals surface area contributed by atoms with Gasteiger partial charge in [0.2, 0.25) is 0 Å². The summed E-state index contributed by atoms with van der Waals surface area (Å²) in [6, 6.07) is 15.7. The molecule has 0 fully saturated rings. The molecular formula is C17H15BrO3. The van der Waals surface area contributed by atoms with E-state index in [0.29, 0.717) is 6.42 Å². The molecule has 0 radical (unpaired) electrons. The minimum Gasteiger partial charge on any atom is -0.349 e. The standard InChI is InChI=1S/C17H15BrO3/c1-20-17(10-12-6-8-13(18)9-7-12)15-5-3-2-4-14(15)16(11-19)21-17/h2-9,11,16H,10H2,1H3. The van der Waals surface area contributed by atoms with Crippen LogP contribution in [0.2, 0.25) is 0 Å². The number of fused-ring (bicyclic) bond motifs is 1. The van der Waals surface area contributed by atoms with Gasteiger partial charge in [-0.05, 0) is 23.3 Å². The molecule has 0 saturated carbocycles. The molecule has 21 heavy (non-hydrogen) atoms. The number of rotatable bonds is 4. The zero-order valence-corrected chi connectivity index (χ0v) is 13.2. The molecule has 0 aromatic heterocycles. The smallest absolute Gasteiger partial charge is 0.200 e. The van der Waals surface area contributed by atoms with Gasteiger partial charge >= 0.3 is 0 Å². The Labute approximate surface area is 132 Å². The van der Waals surface area contributed by atoms with Gasteiger partial charge in [0.1, 0.15) is 6.10 Å². The number of carbonyl (C=O) groups excluding carboxylic acids is 1. The van der Waals surface area contributed by atoms with Crippen molar-refractivity contribution in [3.05, 3.63) is 69.7 Å². The molecule has 0 bridgehead atoms. The average Bonchev–Trinajstić information content (AvgIpc) is 2.84. The molecule has 0 spiro atoms. The molecule has 1 aliphatic heterocycles. The van der Waals surface area contributed by atoms with E-state index >= 15 is 0 Å². The Morgan fingerprint density at radius 1 is 1.24 bits per heavy atom. The maximum atomic E-state index is 11.3. The van der Waals surface area contributed by atoms with E-state index in [0.717, 1.165) is 27.4 Å². The lowest BCUT2D eigenvalue weighted by atomic mass is 9.95. The Kier molecular flexibility index (Phi) is 3.93. The molecule has 3 nitrogen and oxygen atoms in total. The molecule has 4 heteroatoms. The Hall–Kier alpha value is -1.49. The zero-order valence-electron chi connectivity index (χ0n) is 11.6. The van der Waals surface area contributed by atoms with Crippen molar-refractivity contribution in [2.45, 2.75) is 18.3 Å². The fourth-order valence-corrected chi connectivity index (χ4v) is 3.03. The van der Waals surface area contributed by atoms with Crippen LogP contribution in [0.5, 0.6) is 0 Å². The van der Waals surface area contributed by atoms with Crippen molar-refractivity contribution in [2.75, 3.05) is 7.11 Å². The second-order valence-corrected chi connectivity index (χ2v) is 5.94. The summed E-state index contributed by atoms with van der Waals surface area (Å²) in [6.07, 6.45) is 0.802. The molecule has 2 aromatic rings. The van der Waals surface area contributed by atoms with Crippen molar-refractivity contribution in [1.29, 1.82) is 0 Å². The summed E-state index contributed by atoms with van der Waals surface area (Å²) in [6.45, 7) is 0. The van der Waals surface area contributed by atoms with Crippen molar-refractivity contribution >= 4 is 22.2 Å². The van der Waals surface area contributed by atoms with Crippen LogP contribution in [-0.2, 0) is 26.5 Å². The van der Waals surface area contributed by atoms with E-state index in [1.165, 1.54) is 0 Å². The van der Waals surface area contributed by atoms with Crippen LogP contribution in [0.3, 0.4) is 0 Å². The maximum absolute atomic E-state index is 11.3. The first-order valence-corrected chi connectivity index (χ1v) is 7.50. The predicted molar refractivity (Wildman–Crippen MR) is 82.9 cm³/mol. The van der Waals surface area contributed by atoms with Gasteiger partial charge < -0.3 is 14.3 Å². The summed E-state index contributed by atoms with van der Waals surface area (Å²) in [7, 11) is 1.61. The van der Waals surface area contributed by atoms with Crippen LogP contribution in [0, 0.1) is 0 Å². The zero-order chi connectivity index (χ0) is 14.9. The number of halogens is 1. The van der Waals surface area contributed by atoms with E-state index in [-0.39, 0.29) is 0 Å². The second kappa shape index (κ2) is 5.72. The number of carbonyl (C=O) groups is 1. The fourth-order valence-electron chi connectivity index (χ4n) is 2.76. The monoisotopic (exact) mass is 346 g/mol. The average molecular weight is 347 g/mol. The molecule has 0 aliphatic carbocycles. The van der Waals surface area contributed by atoms with Crippen LogP contribution in [0.1, 0.15) is 22.8 Å². The van der Waals surface area contributed by atoms with Gasteiger partial charge in [0.05, 0.1) is 0 Å². The summed E-state index contributed by atoms with van der Waals surface area (Å²) < 4.78 is 12.7. The molecule has 2 unspecified atom stereocenters. The molecule has 3 rings (SSSR count). The van der Waals surface area contributed by atoms with Crippen molar-refractivity contribution in [1.82, 2.24) is 0 Å². The van der Waals surface area contributed by atoms with Gasteiger partial charge in [0, 0.05) is 23.6 Å². The van der Waals surface area contributed by atoms with Crippen LogP contribution in [0.25, 0.3) is 0 Å². The molecule has 2 atom stereocenters. The summed E-state index contributed by atoms with van der Waals surface area (Å²) in [5, 5.41) is 0. The highest BCUT2D eigenvalue weighted by molar-refractivity contribution is 9.10. The second-order valence-electron chi connectivity index (χ2n) is 5.02. The molecule has 0 saturated heterocycles. The van der Waals surface area contributed by atoms with Crippen molar-refractivity contribution in [3.8, 4) is 0 Å². The third kappa shape index (κ3) is 2.55. The summed E-state index contributed by atoms with van der Waals surface area (Å²) >= 11 is 3.43. The van der Waals surface area contributed by atoms with Crippen LogP contribution < -0.4 is 0 Å². The third-order valence-corrected chi connectivity index (χ3v) is 4.33. The number of hydrogen-bond acceptors (Lipinski definition) is 3. The third-order valence-electron chi connectivity index (χ3n) is 3.80. The lowest BCUT2D eigenvalue weighted by Crippen LogP contribution is -2.31. The quantitative estimate of drug-likeness (QED) is 0.790. The molecule has 1 aliphatic rings. The first-order chi connectivity index (χ1) is 10.2. The number of methoxy groups -OCH3 is 1. The van der Waals surface area contributed by atoms with Gasteiger partial charge in [-0.1, -0.05) is 52.3 Å². The highest BCUT2D eigenvalue weighted by atomic mass is 79.9. The Morgan fingerprint density at radius 2 is 1.95 bits per heavy atom. The number of aldehydes is 1. The molecule has 108 valence electrons.